The van der Waals surface area contributed by atoms with Crippen LogP contribution >= 0.6 is 0 Å². The molecule has 1 heterocycles. The predicted octanol–water partition coefficient (Wildman–Crippen LogP) is 0.291. The first-order valence-electron chi connectivity index (χ1n) is 3.82. The number of H-pyrrole nitrogens is 1. The van der Waals surface area contributed by atoms with E-state index >= 15 is 0 Å². The molecule has 0 fully saturated rings. The Balaban J connectivity index is 2.77. The Morgan fingerprint density at radius 2 is 2.46 bits per heavy atom. The van der Waals surface area contributed by atoms with Gasteiger partial charge in [-0.3, -0.25) is 9.59 Å². The summed E-state index contributed by atoms with van der Waals surface area (Å²) >= 11 is 0. The summed E-state index contributed by atoms with van der Waals surface area (Å²) in [5.74, 6) is -0.308. The number of rotatable bonds is 3. The van der Waals surface area contributed by atoms with E-state index in [-0.39, 0.29) is 17.0 Å². The maximum absolute atomic E-state index is 11.2. The average Bonchev–Trinajstić information content (AvgIpc) is 2.14. The van der Waals surface area contributed by atoms with Gasteiger partial charge in [0.05, 0.1) is 0 Å². The molecule has 4 heteroatoms. The van der Waals surface area contributed by atoms with Gasteiger partial charge in [-0.15, -0.1) is 6.58 Å². The number of carbonyl (C=O) groups excluding carboxylic acids is 1. The molecule has 0 spiro atoms. The first-order valence-corrected chi connectivity index (χ1v) is 3.82. The number of aromatic nitrogens is 1. The summed E-state index contributed by atoms with van der Waals surface area (Å²) in [6, 6.07) is 2.60. The van der Waals surface area contributed by atoms with Crippen molar-refractivity contribution in [3.63, 3.8) is 0 Å². The topological polar surface area (TPSA) is 62.0 Å². The molecular formula is C9H10N2O2. The number of amides is 1. The molecule has 0 aliphatic rings. The van der Waals surface area contributed by atoms with Gasteiger partial charge in [0, 0.05) is 24.9 Å². The second kappa shape index (κ2) is 4.25. The number of pyridine rings is 1. The highest BCUT2D eigenvalue weighted by Gasteiger charge is 2.03. The third-order valence-corrected chi connectivity index (χ3v) is 1.42. The lowest BCUT2D eigenvalue weighted by Gasteiger charge is -2.00. The van der Waals surface area contributed by atoms with Crippen LogP contribution in [-0.2, 0) is 0 Å². The van der Waals surface area contributed by atoms with Crippen LogP contribution in [0.5, 0.6) is 0 Å². The van der Waals surface area contributed by atoms with Gasteiger partial charge in [-0.25, -0.2) is 0 Å². The lowest BCUT2D eigenvalue weighted by molar-refractivity contribution is 0.0953. The highest BCUT2D eigenvalue weighted by Crippen LogP contribution is 1.87. The van der Waals surface area contributed by atoms with Crippen molar-refractivity contribution in [3.05, 3.63) is 46.9 Å². The molecule has 1 aromatic rings. The summed E-state index contributed by atoms with van der Waals surface area (Å²) in [7, 11) is 0. The van der Waals surface area contributed by atoms with Gasteiger partial charge in [0.1, 0.15) is 5.69 Å². The maximum Gasteiger partial charge on any atom is 0.268 e. The normalized spacial score (nSPS) is 9.23. The molecule has 0 aromatic carbocycles. The minimum absolute atomic E-state index is 0.192. The fourth-order valence-electron chi connectivity index (χ4n) is 0.837. The van der Waals surface area contributed by atoms with E-state index in [0.717, 1.165) is 0 Å². The monoisotopic (exact) mass is 178 g/mol. The van der Waals surface area contributed by atoms with Crippen LogP contribution in [0.15, 0.2) is 35.8 Å². The second-order valence-electron chi connectivity index (χ2n) is 2.44. The lowest BCUT2D eigenvalue weighted by atomic mass is 10.3. The minimum Gasteiger partial charge on any atom is -0.357 e. The molecule has 0 bridgehead atoms. The van der Waals surface area contributed by atoms with E-state index in [1.807, 2.05) is 0 Å². The van der Waals surface area contributed by atoms with Crippen molar-refractivity contribution < 1.29 is 4.79 Å². The quantitative estimate of drug-likeness (QED) is 0.653. The van der Waals surface area contributed by atoms with Crippen LogP contribution in [0.1, 0.15) is 10.5 Å². The fraction of sp³-hybridized carbons (Fsp3) is 0.111. The Labute approximate surface area is 75.3 Å². The van der Waals surface area contributed by atoms with Crippen LogP contribution in [-0.4, -0.2) is 17.4 Å². The molecule has 0 saturated carbocycles. The van der Waals surface area contributed by atoms with Gasteiger partial charge >= 0.3 is 0 Å². The van der Waals surface area contributed by atoms with Crippen LogP contribution in [0, 0.1) is 0 Å². The predicted molar refractivity (Wildman–Crippen MR) is 49.6 cm³/mol. The molecule has 2 N–H and O–H groups in total. The summed E-state index contributed by atoms with van der Waals surface area (Å²) in [5, 5.41) is 2.55. The van der Waals surface area contributed by atoms with Crippen LogP contribution in [0.3, 0.4) is 0 Å². The minimum atomic E-state index is -0.308. The second-order valence-corrected chi connectivity index (χ2v) is 2.44. The first-order chi connectivity index (χ1) is 6.24. The zero-order valence-electron chi connectivity index (χ0n) is 7.04. The molecule has 0 atom stereocenters. The SMILES string of the molecule is C=CCNC(=O)c1cc(=O)cc[nH]1. The Morgan fingerprint density at radius 3 is 3.08 bits per heavy atom. The summed E-state index contributed by atoms with van der Waals surface area (Å²) in [6.07, 6.45) is 3.00. The van der Waals surface area contributed by atoms with Crippen molar-refractivity contribution in [1.82, 2.24) is 10.3 Å². The first kappa shape index (κ1) is 9.25. The van der Waals surface area contributed by atoms with Crippen molar-refractivity contribution in [1.29, 1.82) is 0 Å². The zero-order chi connectivity index (χ0) is 9.68. The molecule has 1 amide bonds. The van der Waals surface area contributed by atoms with E-state index in [4.69, 9.17) is 0 Å². The van der Waals surface area contributed by atoms with Crippen LogP contribution in [0.2, 0.25) is 0 Å². The van der Waals surface area contributed by atoms with Crippen molar-refractivity contribution in [3.8, 4) is 0 Å². The Bertz CT molecular complexity index is 368. The van der Waals surface area contributed by atoms with Gasteiger partial charge in [-0.2, -0.15) is 0 Å². The van der Waals surface area contributed by atoms with Gasteiger partial charge in [0.15, 0.2) is 5.43 Å². The summed E-state index contributed by atoms with van der Waals surface area (Å²) in [4.78, 5) is 24.7. The Kier molecular flexibility index (Phi) is 3.03. The van der Waals surface area contributed by atoms with Crippen molar-refractivity contribution >= 4 is 5.91 Å². The maximum atomic E-state index is 11.2. The van der Waals surface area contributed by atoms with Crippen LogP contribution in [0.4, 0.5) is 0 Å². The third-order valence-electron chi connectivity index (χ3n) is 1.42. The molecule has 0 unspecified atom stereocenters. The highest BCUT2D eigenvalue weighted by molar-refractivity contribution is 5.92. The van der Waals surface area contributed by atoms with Gasteiger partial charge in [-0.1, -0.05) is 6.08 Å². The standard InChI is InChI=1S/C9H10N2O2/c1-2-4-11-9(13)8-6-7(12)3-5-10-8/h2-3,5-6H,1,4H2,(H,10,12)(H,11,13). The van der Waals surface area contributed by atoms with Gasteiger partial charge in [0.2, 0.25) is 0 Å². The molecule has 4 nitrogen and oxygen atoms in total. The largest absolute Gasteiger partial charge is 0.357 e. The van der Waals surface area contributed by atoms with Gasteiger partial charge in [-0.05, 0) is 0 Å². The molecule has 1 rings (SSSR count). The molecule has 0 radical (unpaired) electrons. The average molecular weight is 178 g/mol. The van der Waals surface area contributed by atoms with E-state index in [1.54, 1.807) is 6.08 Å². The molecule has 13 heavy (non-hydrogen) atoms. The number of carbonyl (C=O) groups is 1. The molecule has 68 valence electrons. The Morgan fingerprint density at radius 1 is 1.69 bits per heavy atom. The Hall–Kier alpha value is -1.84. The van der Waals surface area contributed by atoms with Crippen molar-refractivity contribution in [2.75, 3.05) is 6.54 Å². The smallest absolute Gasteiger partial charge is 0.268 e. The molecule has 1 aromatic heterocycles. The van der Waals surface area contributed by atoms with Crippen molar-refractivity contribution in [2.45, 2.75) is 0 Å². The summed E-state index contributed by atoms with van der Waals surface area (Å²) in [5.41, 5.74) is 0.0665. The number of nitrogens with one attached hydrogen (secondary N) is 2. The van der Waals surface area contributed by atoms with E-state index in [1.165, 1.54) is 18.3 Å². The van der Waals surface area contributed by atoms with Crippen molar-refractivity contribution in [2.24, 2.45) is 0 Å². The van der Waals surface area contributed by atoms with E-state index < -0.39 is 0 Å². The number of aromatic amines is 1. The van der Waals surface area contributed by atoms with Gasteiger partial charge in [0.25, 0.3) is 5.91 Å². The number of hydrogen-bond donors (Lipinski definition) is 2. The van der Waals surface area contributed by atoms with E-state index in [9.17, 15) is 9.59 Å². The number of hydrogen-bond acceptors (Lipinski definition) is 2. The molecule has 0 aliphatic carbocycles. The summed E-state index contributed by atoms with van der Waals surface area (Å²) in [6.45, 7) is 3.84. The fourth-order valence-corrected chi connectivity index (χ4v) is 0.837. The lowest BCUT2D eigenvalue weighted by Crippen LogP contribution is -2.25. The highest BCUT2D eigenvalue weighted by atomic mass is 16.2. The molecule has 0 aliphatic heterocycles. The zero-order valence-corrected chi connectivity index (χ0v) is 7.04. The van der Waals surface area contributed by atoms with E-state index in [0.29, 0.717) is 6.54 Å². The molecular weight excluding hydrogens is 168 g/mol. The van der Waals surface area contributed by atoms with Gasteiger partial charge < -0.3 is 10.3 Å². The van der Waals surface area contributed by atoms with Crippen LogP contribution < -0.4 is 10.7 Å². The third kappa shape index (κ3) is 2.59. The van der Waals surface area contributed by atoms with Crippen LogP contribution in [0.25, 0.3) is 0 Å². The summed E-state index contributed by atoms with van der Waals surface area (Å²) < 4.78 is 0. The molecule has 0 saturated heterocycles. The van der Waals surface area contributed by atoms with E-state index in [2.05, 4.69) is 16.9 Å².